The topological polar surface area (TPSA) is 40.6 Å². The highest BCUT2D eigenvalue weighted by molar-refractivity contribution is 6.45. The third kappa shape index (κ3) is 3.94. The molecule has 8 heteroatoms. The Balaban J connectivity index is 1.82. The highest BCUT2D eigenvalue weighted by Crippen LogP contribution is 2.38. The molecule has 1 atom stereocenters. The molecule has 0 spiro atoms. The molecule has 2 aromatic carbocycles. The molecule has 2 aliphatic rings. The van der Waals surface area contributed by atoms with Crippen LogP contribution in [-0.4, -0.2) is 29.8 Å². The zero-order chi connectivity index (χ0) is 22.3. The Morgan fingerprint density at radius 2 is 1.71 bits per heavy atom. The quantitative estimate of drug-likeness (QED) is 0.514. The van der Waals surface area contributed by atoms with Crippen LogP contribution in [0.15, 0.2) is 54.2 Å². The van der Waals surface area contributed by atoms with Gasteiger partial charge in [-0.15, -0.1) is 0 Å². The summed E-state index contributed by atoms with van der Waals surface area (Å²) in [5.41, 5.74) is -0.516. The van der Waals surface area contributed by atoms with Gasteiger partial charge >= 0.3 is 6.18 Å². The lowest BCUT2D eigenvalue weighted by Gasteiger charge is -2.33. The number of amides is 2. The van der Waals surface area contributed by atoms with Crippen LogP contribution in [-0.2, 0) is 15.8 Å². The molecule has 2 heterocycles. The number of hydrogen-bond donors (Lipinski definition) is 0. The van der Waals surface area contributed by atoms with E-state index in [-0.39, 0.29) is 17.0 Å². The van der Waals surface area contributed by atoms with E-state index in [1.165, 1.54) is 30.3 Å². The molecule has 1 unspecified atom stereocenters. The molecule has 4 nitrogen and oxygen atoms in total. The average molecular weight is 432 g/mol. The van der Waals surface area contributed by atoms with Crippen molar-refractivity contribution in [2.45, 2.75) is 25.9 Å². The second kappa shape index (κ2) is 7.83. The maximum absolute atomic E-state index is 13.5. The molecule has 162 valence electrons. The van der Waals surface area contributed by atoms with Gasteiger partial charge in [0.2, 0.25) is 0 Å². The van der Waals surface area contributed by atoms with Crippen LogP contribution in [0, 0.1) is 11.7 Å². The number of benzene rings is 2. The molecule has 0 radical (unpaired) electrons. The van der Waals surface area contributed by atoms with E-state index in [4.69, 9.17) is 0 Å². The Morgan fingerprint density at radius 3 is 2.35 bits per heavy atom. The first-order valence-corrected chi connectivity index (χ1v) is 9.98. The summed E-state index contributed by atoms with van der Waals surface area (Å²) in [4.78, 5) is 29.3. The Morgan fingerprint density at radius 1 is 1.00 bits per heavy atom. The third-order valence-corrected chi connectivity index (χ3v) is 5.60. The number of anilines is 1. The van der Waals surface area contributed by atoms with Crippen molar-refractivity contribution in [3.63, 3.8) is 0 Å². The molecule has 2 amide bonds. The van der Waals surface area contributed by atoms with E-state index < -0.39 is 29.4 Å². The third-order valence-electron chi connectivity index (χ3n) is 5.60. The first-order valence-electron chi connectivity index (χ1n) is 9.98. The van der Waals surface area contributed by atoms with E-state index in [1.807, 2.05) is 11.8 Å². The van der Waals surface area contributed by atoms with Crippen molar-refractivity contribution in [2.24, 2.45) is 5.92 Å². The van der Waals surface area contributed by atoms with E-state index in [1.54, 1.807) is 0 Å². The van der Waals surface area contributed by atoms with Crippen molar-refractivity contribution in [1.29, 1.82) is 0 Å². The number of piperidine rings is 1. The predicted molar refractivity (Wildman–Crippen MR) is 107 cm³/mol. The fraction of sp³-hybridized carbons (Fsp3) is 0.304. The highest BCUT2D eigenvalue weighted by Gasteiger charge is 2.43. The fourth-order valence-corrected chi connectivity index (χ4v) is 4.14. The minimum Gasteiger partial charge on any atom is -0.366 e. The lowest BCUT2D eigenvalue weighted by Crippen LogP contribution is -2.39. The zero-order valence-electron chi connectivity index (χ0n) is 16.7. The van der Waals surface area contributed by atoms with E-state index in [0.29, 0.717) is 24.6 Å². The Hall–Kier alpha value is -3.16. The molecule has 2 aliphatic heterocycles. The van der Waals surface area contributed by atoms with Gasteiger partial charge in [0.15, 0.2) is 0 Å². The summed E-state index contributed by atoms with van der Waals surface area (Å²) in [6.45, 7) is 3.14. The van der Waals surface area contributed by atoms with Crippen molar-refractivity contribution in [1.82, 2.24) is 4.90 Å². The standard InChI is InChI=1S/C23H20F4N2O2/c1-14-4-3-11-28(13-14)20-19(15-7-9-17(24)10-8-15)21(30)29(22(20)31)18-6-2-5-16(12-18)23(25,26)27/h2,5-10,12,14H,3-4,11,13H2,1H3. The van der Waals surface area contributed by atoms with Gasteiger partial charge in [0.05, 0.1) is 16.8 Å². The van der Waals surface area contributed by atoms with Crippen LogP contribution in [0.25, 0.3) is 5.57 Å². The second-order valence-electron chi connectivity index (χ2n) is 7.92. The summed E-state index contributed by atoms with van der Waals surface area (Å²) in [6, 6.07) is 9.31. The molecule has 0 bridgehead atoms. The zero-order valence-corrected chi connectivity index (χ0v) is 16.7. The molecule has 1 fully saturated rings. The Labute approximate surface area is 176 Å². The van der Waals surface area contributed by atoms with Crippen LogP contribution in [0.1, 0.15) is 30.9 Å². The van der Waals surface area contributed by atoms with Gasteiger partial charge in [-0.1, -0.05) is 25.1 Å². The molecule has 2 aromatic rings. The summed E-state index contributed by atoms with van der Waals surface area (Å²) in [5, 5.41) is 0. The van der Waals surface area contributed by atoms with E-state index in [9.17, 15) is 27.2 Å². The summed E-state index contributed by atoms with van der Waals surface area (Å²) in [6.07, 6.45) is -2.80. The number of nitrogens with zero attached hydrogens (tertiary/aromatic N) is 2. The van der Waals surface area contributed by atoms with Gasteiger partial charge in [0, 0.05) is 13.1 Å². The number of carbonyl (C=O) groups excluding carboxylic acids is 2. The van der Waals surface area contributed by atoms with Gasteiger partial charge < -0.3 is 4.90 Å². The minimum absolute atomic E-state index is 0.0801. The number of alkyl halides is 3. The largest absolute Gasteiger partial charge is 0.416 e. The van der Waals surface area contributed by atoms with Gasteiger partial charge in [0.1, 0.15) is 11.5 Å². The van der Waals surface area contributed by atoms with Crippen molar-refractivity contribution >= 4 is 23.1 Å². The summed E-state index contributed by atoms with van der Waals surface area (Å²) in [7, 11) is 0. The smallest absolute Gasteiger partial charge is 0.366 e. The van der Waals surface area contributed by atoms with Crippen LogP contribution < -0.4 is 4.90 Å². The van der Waals surface area contributed by atoms with E-state index in [0.717, 1.165) is 35.9 Å². The van der Waals surface area contributed by atoms with Gasteiger partial charge in [-0.3, -0.25) is 9.59 Å². The molecule has 4 rings (SSSR count). The van der Waals surface area contributed by atoms with Crippen LogP contribution >= 0.6 is 0 Å². The molecule has 0 aromatic heterocycles. The number of rotatable bonds is 3. The molecular formula is C23H20F4N2O2. The fourth-order valence-electron chi connectivity index (χ4n) is 4.14. The minimum atomic E-state index is -4.61. The summed E-state index contributed by atoms with van der Waals surface area (Å²) < 4.78 is 53.0. The maximum atomic E-state index is 13.5. The van der Waals surface area contributed by atoms with Crippen LogP contribution in [0.5, 0.6) is 0 Å². The Bertz CT molecular complexity index is 1060. The monoisotopic (exact) mass is 432 g/mol. The van der Waals surface area contributed by atoms with Crippen molar-refractivity contribution in [3.8, 4) is 0 Å². The maximum Gasteiger partial charge on any atom is 0.416 e. The van der Waals surface area contributed by atoms with E-state index in [2.05, 4.69) is 0 Å². The summed E-state index contributed by atoms with van der Waals surface area (Å²) in [5.74, 6) is -1.59. The van der Waals surface area contributed by atoms with Crippen molar-refractivity contribution in [2.75, 3.05) is 18.0 Å². The number of carbonyl (C=O) groups is 2. The van der Waals surface area contributed by atoms with Gasteiger partial charge in [-0.2, -0.15) is 13.2 Å². The molecule has 0 aliphatic carbocycles. The number of halogens is 4. The van der Waals surface area contributed by atoms with Crippen LogP contribution in [0.4, 0.5) is 23.2 Å². The molecule has 31 heavy (non-hydrogen) atoms. The number of imide groups is 1. The van der Waals surface area contributed by atoms with Gasteiger partial charge in [-0.25, -0.2) is 9.29 Å². The molecule has 1 saturated heterocycles. The molecule has 0 saturated carbocycles. The normalized spacial score (nSPS) is 20.1. The van der Waals surface area contributed by atoms with Crippen molar-refractivity contribution < 1.29 is 27.2 Å². The first kappa shape index (κ1) is 21.1. The first-order chi connectivity index (χ1) is 14.7. The van der Waals surface area contributed by atoms with E-state index >= 15 is 0 Å². The van der Waals surface area contributed by atoms with Gasteiger partial charge in [0.25, 0.3) is 11.8 Å². The number of hydrogen-bond acceptors (Lipinski definition) is 3. The SMILES string of the molecule is CC1CCCN(C2=C(c3ccc(F)cc3)C(=O)N(c3cccc(C(F)(F)F)c3)C2=O)C1. The summed E-state index contributed by atoms with van der Waals surface area (Å²) >= 11 is 0. The average Bonchev–Trinajstić information content (AvgIpc) is 2.98. The lowest BCUT2D eigenvalue weighted by atomic mass is 9.98. The second-order valence-corrected chi connectivity index (χ2v) is 7.92. The lowest BCUT2D eigenvalue weighted by molar-refractivity contribution is -0.137. The molecular weight excluding hydrogens is 412 g/mol. The van der Waals surface area contributed by atoms with Crippen LogP contribution in [0.2, 0.25) is 0 Å². The highest BCUT2D eigenvalue weighted by atomic mass is 19.4. The van der Waals surface area contributed by atoms with Crippen molar-refractivity contribution in [3.05, 3.63) is 71.2 Å². The van der Waals surface area contributed by atoms with Gasteiger partial charge in [-0.05, 0) is 54.7 Å². The number of likely N-dealkylation sites (tertiary alicyclic amines) is 1. The Kier molecular flexibility index (Phi) is 5.33. The van der Waals surface area contributed by atoms with Crippen LogP contribution in [0.3, 0.4) is 0 Å². The predicted octanol–water partition coefficient (Wildman–Crippen LogP) is 4.86. The molecule has 0 N–H and O–H groups in total.